The predicted molar refractivity (Wildman–Crippen MR) is 73.7 cm³/mol. The van der Waals surface area contributed by atoms with Gasteiger partial charge in [-0.05, 0) is 40.2 Å². The van der Waals surface area contributed by atoms with Gasteiger partial charge in [0, 0.05) is 9.86 Å². The first-order chi connectivity index (χ1) is 9.58. The second kappa shape index (κ2) is 4.83. The van der Waals surface area contributed by atoms with Gasteiger partial charge in [-0.3, -0.25) is 4.79 Å². The Morgan fingerprint density at radius 3 is 2.45 bits per heavy atom. The quantitative estimate of drug-likeness (QED) is 0.634. The highest BCUT2D eigenvalue weighted by Gasteiger charge is 2.21. The van der Waals surface area contributed by atoms with E-state index in [2.05, 4.69) is 15.9 Å². The third kappa shape index (κ3) is 2.04. The molecular weight excluding hydrogens is 330 g/mol. The molecule has 0 radical (unpaired) electrons. The molecule has 1 heterocycles. The van der Waals surface area contributed by atoms with E-state index in [9.17, 15) is 13.6 Å². The van der Waals surface area contributed by atoms with Gasteiger partial charge in [-0.2, -0.15) is 0 Å². The zero-order valence-corrected chi connectivity index (χ0v) is 11.6. The van der Waals surface area contributed by atoms with Crippen LogP contribution in [0, 0.1) is 11.6 Å². The fourth-order valence-electron chi connectivity index (χ4n) is 1.98. The molecule has 2 nitrogen and oxygen atoms in total. The molecule has 0 saturated heterocycles. The molecule has 0 N–H and O–H groups in total. The van der Waals surface area contributed by atoms with Crippen molar-refractivity contribution in [2.24, 2.45) is 0 Å². The van der Waals surface area contributed by atoms with Crippen molar-refractivity contribution in [1.29, 1.82) is 0 Å². The maximum Gasteiger partial charge on any atom is 0.232 e. The first-order valence-corrected chi connectivity index (χ1v) is 6.54. The first-order valence-electron chi connectivity index (χ1n) is 5.74. The molecule has 3 rings (SSSR count). The molecule has 0 unspecified atom stereocenters. The van der Waals surface area contributed by atoms with Crippen LogP contribution in [0.15, 0.2) is 51.4 Å². The molecule has 3 aromatic rings. The van der Waals surface area contributed by atoms with Crippen LogP contribution < -0.4 is 0 Å². The number of hydrogen-bond donors (Lipinski definition) is 0. The lowest BCUT2D eigenvalue weighted by atomic mass is 10.1. The minimum Gasteiger partial charge on any atom is -0.449 e. The van der Waals surface area contributed by atoms with E-state index < -0.39 is 17.4 Å². The lowest BCUT2D eigenvalue weighted by Crippen LogP contribution is -2.04. The van der Waals surface area contributed by atoms with Crippen molar-refractivity contribution in [3.8, 4) is 0 Å². The van der Waals surface area contributed by atoms with Crippen molar-refractivity contribution in [3.05, 3.63) is 69.9 Å². The molecular formula is C15H7BrF2O2. The fourth-order valence-corrected chi connectivity index (χ4v) is 2.50. The van der Waals surface area contributed by atoms with Crippen molar-refractivity contribution < 1.29 is 18.0 Å². The van der Waals surface area contributed by atoms with Gasteiger partial charge in [0.25, 0.3) is 0 Å². The molecule has 5 heteroatoms. The molecule has 100 valence electrons. The van der Waals surface area contributed by atoms with Gasteiger partial charge in [-0.15, -0.1) is 0 Å². The summed E-state index contributed by atoms with van der Waals surface area (Å²) in [4.78, 5) is 12.3. The number of hydrogen-bond acceptors (Lipinski definition) is 2. The Hall–Kier alpha value is -2.01. The number of rotatable bonds is 2. The van der Waals surface area contributed by atoms with Crippen molar-refractivity contribution >= 4 is 32.7 Å². The summed E-state index contributed by atoms with van der Waals surface area (Å²) in [5.74, 6) is -1.96. The highest BCUT2D eigenvalue weighted by atomic mass is 79.9. The van der Waals surface area contributed by atoms with Crippen LogP contribution in [0.5, 0.6) is 0 Å². The van der Waals surface area contributed by atoms with Crippen LogP contribution >= 0.6 is 15.9 Å². The lowest BCUT2D eigenvalue weighted by molar-refractivity contribution is 0.101. The van der Waals surface area contributed by atoms with Gasteiger partial charge in [0.05, 0.1) is 5.56 Å². The van der Waals surface area contributed by atoms with E-state index in [0.29, 0.717) is 9.86 Å². The molecule has 0 aliphatic rings. The van der Waals surface area contributed by atoms with Crippen LogP contribution in [0.3, 0.4) is 0 Å². The van der Waals surface area contributed by atoms with E-state index in [1.165, 1.54) is 30.3 Å². The molecule has 0 amide bonds. The minimum atomic E-state index is -0.662. The summed E-state index contributed by atoms with van der Waals surface area (Å²) < 4.78 is 32.8. The number of furan rings is 1. The summed E-state index contributed by atoms with van der Waals surface area (Å²) in [6, 6.07) is 9.99. The van der Waals surface area contributed by atoms with Crippen LogP contribution in [0.4, 0.5) is 8.78 Å². The number of carbonyl (C=O) groups is 1. The summed E-state index contributed by atoms with van der Waals surface area (Å²) in [5, 5.41) is 0.459. The summed E-state index contributed by atoms with van der Waals surface area (Å²) in [5.41, 5.74) is -0.143. The predicted octanol–water partition coefficient (Wildman–Crippen LogP) is 4.70. The maximum atomic E-state index is 13.8. The monoisotopic (exact) mass is 336 g/mol. The average Bonchev–Trinajstić information content (AvgIpc) is 2.84. The van der Waals surface area contributed by atoms with E-state index >= 15 is 0 Å². The number of carbonyl (C=O) groups excluding carboxylic acids is 1. The van der Waals surface area contributed by atoms with Gasteiger partial charge in [0.1, 0.15) is 5.82 Å². The Labute approximate surface area is 121 Å². The van der Waals surface area contributed by atoms with Crippen LogP contribution in [-0.2, 0) is 0 Å². The Balaban J connectivity index is 2.16. The number of halogens is 3. The molecule has 0 aliphatic carbocycles. The van der Waals surface area contributed by atoms with Gasteiger partial charge in [-0.25, -0.2) is 8.78 Å². The van der Waals surface area contributed by atoms with Crippen molar-refractivity contribution in [3.63, 3.8) is 0 Å². The molecule has 0 fully saturated rings. The van der Waals surface area contributed by atoms with Gasteiger partial charge in [0.15, 0.2) is 17.2 Å². The average molecular weight is 337 g/mol. The standard InChI is InChI=1S/C15H7BrF2O2/c16-9-4-2-5-10(17)13(9)14(19)12-7-8-3-1-6-11(18)15(8)20-12/h1-7H. The van der Waals surface area contributed by atoms with E-state index in [4.69, 9.17) is 4.42 Å². The molecule has 0 atom stereocenters. The van der Waals surface area contributed by atoms with Crippen LogP contribution in [0.1, 0.15) is 16.1 Å². The summed E-state index contributed by atoms with van der Waals surface area (Å²) in [6.45, 7) is 0. The number of fused-ring (bicyclic) bond motifs is 1. The Morgan fingerprint density at radius 2 is 1.75 bits per heavy atom. The zero-order chi connectivity index (χ0) is 14.3. The van der Waals surface area contributed by atoms with Gasteiger partial charge in [0.2, 0.25) is 5.78 Å². The first kappa shape index (κ1) is 13.0. The van der Waals surface area contributed by atoms with Crippen molar-refractivity contribution in [2.45, 2.75) is 0 Å². The Kier molecular flexibility index (Phi) is 3.14. The Bertz CT molecular complexity index is 804. The molecule has 0 aliphatic heterocycles. The largest absolute Gasteiger partial charge is 0.449 e. The fraction of sp³-hybridized carbons (Fsp3) is 0. The summed E-state index contributed by atoms with van der Waals surface area (Å²) in [6.07, 6.45) is 0. The highest BCUT2D eigenvalue weighted by molar-refractivity contribution is 9.10. The van der Waals surface area contributed by atoms with Gasteiger partial charge < -0.3 is 4.42 Å². The number of benzene rings is 2. The van der Waals surface area contributed by atoms with Crippen LogP contribution in [0.2, 0.25) is 0 Å². The lowest BCUT2D eigenvalue weighted by Gasteiger charge is -2.02. The SMILES string of the molecule is O=C(c1cc2cccc(F)c2o1)c1c(F)cccc1Br. The second-order valence-corrected chi connectivity index (χ2v) is 5.05. The smallest absolute Gasteiger partial charge is 0.232 e. The molecule has 20 heavy (non-hydrogen) atoms. The minimum absolute atomic E-state index is 0.0108. The molecule has 0 bridgehead atoms. The zero-order valence-electron chi connectivity index (χ0n) is 9.99. The van der Waals surface area contributed by atoms with E-state index in [1.54, 1.807) is 12.1 Å². The maximum absolute atomic E-state index is 13.8. The second-order valence-electron chi connectivity index (χ2n) is 4.19. The third-order valence-corrected chi connectivity index (χ3v) is 3.57. The van der Waals surface area contributed by atoms with Crippen molar-refractivity contribution in [1.82, 2.24) is 0 Å². The van der Waals surface area contributed by atoms with E-state index in [-0.39, 0.29) is 16.9 Å². The number of ketones is 1. The molecule has 0 saturated carbocycles. The van der Waals surface area contributed by atoms with Gasteiger partial charge in [-0.1, -0.05) is 18.2 Å². The highest BCUT2D eigenvalue weighted by Crippen LogP contribution is 2.27. The molecule has 2 aromatic carbocycles. The summed E-state index contributed by atoms with van der Waals surface area (Å²) >= 11 is 3.13. The number of para-hydroxylation sites is 1. The summed E-state index contributed by atoms with van der Waals surface area (Å²) in [7, 11) is 0. The van der Waals surface area contributed by atoms with E-state index in [1.807, 2.05) is 0 Å². The van der Waals surface area contributed by atoms with Gasteiger partial charge >= 0.3 is 0 Å². The molecule has 0 spiro atoms. The topological polar surface area (TPSA) is 30.2 Å². The van der Waals surface area contributed by atoms with Crippen LogP contribution in [-0.4, -0.2) is 5.78 Å². The third-order valence-electron chi connectivity index (χ3n) is 2.91. The molecule has 1 aromatic heterocycles. The normalized spacial score (nSPS) is 10.9. The van der Waals surface area contributed by atoms with E-state index in [0.717, 1.165) is 0 Å². The van der Waals surface area contributed by atoms with Crippen LogP contribution in [0.25, 0.3) is 11.0 Å². The Morgan fingerprint density at radius 1 is 1.05 bits per heavy atom. The van der Waals surface area contributed by atoms with Crippen molar-refractivity contribution in [2.75, 3.05) is 0 Å².